The molecule has 0 spiro atoms. The molecule has 0 aromatic carbocycles. The van der Waals surface area contributed by atoms with Gasteiger partial charge in [-0.25, -0.2) is 0 Å². The van der Waals surface area contributed by atoms with Crippen molar-refractivity contribution in [2.24, 2.45) is 5.92 Å². The van der Waals surface area contributed by atoms with Crippen LogP contribution in [0.1, 0.15) is 33.6 Å². The maximum atomic E-state index is 9.46. The molecule has 1 N–H and O–H groups in total. The molecule has 2 heteroatoms. The highest BCUT2D eigenvalue weighted by molar-refractivity contribution is 4.61. The van der Waals surface area contributed by atoms with Gasteiger partial charge in [-0.2, -0.15) is 0 Å². The average molecular weight is 160 g/mol. The van der Waals surface area contributed by atoms with Crippen LogP contribution in [0, 0.1) is 5.92 Å². The second-order valence-corrected chi connectivity index (χ2v) is 2.94. The third-order valence-electron chi connectivity index (χ3n) is 2.06. The van der Waals surface area contributed by atoms with Crippen LogP contribution < -0.4 is 0 Å². The van der Waals surface area contributed by atoms with E-state index >= 15 is 0 Å². The summed E-state index contributed by atoms with van der Waals surface area (Å²) in [7, 11) is 0. The molecule has 2 unspecified atom stereocenters. The minimum absolute atomic E-state index is 0.188. The fourth-order valence-corrected chi connectivity index (χ4v) is 0.905. The van der Waals surface area contributed by atoms with Gasteiger partial charge in [0.05, 0.1) is 6.10 Å². The van der Waals surface area contributed by atoms with Crippen LogP contribution in [0.3, 0.4) is 0 Å². The molecule has 0 saturated heterocycles. The molecule has 0 aromatic heterocycles. The first-order chi connectivity index (χ1) is 5.22. The fourth-order valence-electron chi connectivity index (χ4n) is 0.905. The third-order valence-corrected chi connectivity index (χ3v) is 2.06. The molecule has 2 atom stereocenters. The van der Waals surface area contributed by atoms with E-state index in [0.717, 1.165) is 19.4 Å². The van der Waals surface area contributed by atoms with E-state index in [4.69, 9.17) is 4.74 Å². The van der Waals surface area contributed by atoms with Gasteiger partial charge in [0.2, 0.25) is 0 Å². The van der Waals surface area contributed by atoms with E-state index in [1.807, 2.05) is 6.92 Å². The summed E-state index contributed by atoms with van der Waals surface area (Å²) in [6.45, 7) is 7.55. The first kappa shape index (κ1) is 10.9. The number of hydrogen-bond acceptors (Lipinski definition) is 2. The summed E-state index contributed by atoms with van der Waals surface area (Å²) in [5.74, 6) is 0.399. The maximum absolute atomic E-state index is 9.46. The molecule has 11 heavy (non-hydrogen) atoms. The van der Waals surface area contributed by atoms with E-state index in [0.29, 0.717) is 12.5 Å². The van der Waals surface area contributed by atoms with Crippen molar-refractivity contribution in [3.63, 3.8) is 0 Å². The minimum Gasteiger partial charge on any atom is -0.393 e. The van der Waals surface area contributed by atoms with Gasteiger partial charge in [-0.15, -0.1) is 0 Å². The molecule has 0 aromatic rings. The molecule has 68 valence electrons. The van der Waals surface area contributed by atoms with Crippen molar-refractivity contribution in [2.45, 2.75) is 39.7 Å². The SMILES string of the molecule is CCOCCC(O)C(C)CC. The van der Waals surface area contributed by atoms with Crippen LogP contribution in [-0.4, -0.2) is 24.4 Å². The molecular formula is C9H20O2. The number of ether oxygens (including phenoxy) is 1. The topological polar surface area (TPSA) is 29.5 Å². The number of rotatable bonds is 6. The van der Waals surface area contributed by atoms with Crippen molar-refractivity contribution in [1.82, 2.24) is 0 Å². The second-order valence-electron chi connectivity index (χ2n) is 2.94. The van der Waals surface area contributed by atoms with Gasteiger partial charge < -0.3 is 9.84 Å². The van der Waals surface area contributed by atoms with E-state index in [1.54, 1.807) is 0 Å². The second kappa shape index (κ2) is 6.62. The molecule has 0 rings (SSSR count). The highest BCUT2D eigenvalue weighted by Gasteiger charge is 2.10. The Bertz CT molecular complexity index is 83.6. The number of hydrogen-bond donors (Lipinski definition) is 1. The summed E-state index contributed by atoms with van der Waals surface area (Å²) < 4.78 is 5.14. The van der Waals surface area contributed by atoms with Gasteiger partial charge in [-0.05, 0) is 19.3 Å². The van der Waals surface area contributed by atoms with Gasteiger partial charge in [0.1, 0.15) is 0 Å². The maximum Gasteiger partial charge on any atom is 0.0587 e. The molecule has 0 heterocycles. The van der Waals surface area contributed by atoms with Crippen LogP contribution in [-0.2, 0) is 4.74 Å². The molecule has 0 bridgehead atoms. The van der Waals surface area contributed by atoms with Crippen molar-refractivity contribution < 1.29 is 9.84 Å². The van der Waals surface area contributed by atoms with Crippen molar-refractivity contribution >= 4 is 0 Å². The smallest absolute Gasteiger partial charge is 0.0587 e. The molecule has 0 fully saturated rings. The van der Waals surface area contributed by atoms with Crippen LogP contribution in [0.15, 0.2) is 0 Å². The monoisotopic (exact) mass is 160 g/mol. The fraction of sp³-hybridized carbons (Fsp3) is 1.00. The summed E-state index contributed by atoms with van der Waals surface area (Å²) in [4.78, 5) is 0. The Balaban J connectivity index is 3.28. The van der Waals surface area contributed by atoms with E-state index < -0.39 is 0 Å². The molecule has 0 aliphatic carbocycles. The quantitative estimate of drug-likeness (QED) is 0.600. The van der Waals surface area contributed by atoms with E-state index in [2.05, 4.69) is 13.8 Å². The zero-order chi connectivity index (χ0) is 8.69. The lowest BCUT2D eigenvalue weighted by molar-refractivity contribution is 0.0584. The van der Waals surface area contributed by atoms with Gasteiger partial charge in [-0.3, -0.25) is 0 Å². The molecule has 2 nitrogen and oxygen atoms in total. The van der Waals surface area contributed by atoms with E-state index in [-0.39, 0.29) is 6.10 Å². The lowest BCUT2D eigenvalue weighted by Crippen LogP contribution is -2.18. The van der Waals surface area contributed by atoms with Crippen molar-refractivity contribution in [2.75, 3.05) is 13.2 Å². The Morgan fingerprint density at radius 3 is 2.45 bits per heavy atom. The standard InChI is InChI=1S/C9H20O2/c1-4-8(3)9(10)6-7-11-5-2/h8-10H,4-7H2,1-3H3. The van der Waals surface area contributed by atoms with Crippen LogP contribution >= 0.6 is 0 Å². The molecule has 0 aliphatic rings. The van der Waals surface area contributed by atoms with E-state index in [9.17, 15) is 5.11 Å². The largest absolute Gasteiger partial charge is 0.393 e. The average Bonchev–Trinajstić information content (AvgIpc) is 2.03. The van der Waals surface area contributed by atoms with Crippen molar-refractivity contribution in [3.05, 3.63) is 0 Å². The summed E-state index contributed by atoms with van der Waals surface area (Å²) in [5, 5.41) is 9.46. The molecule has 0 saturated carbocycles. The first-order valence-electron chi connectivity index (χ1n) is 4.48. The Labute approximate surface area is 69.6 Å². The lowest BCUT2D eigenvalue weighted by atomic mass is 10.00. The van der Waals surface area contributed by atoms with Gasteiger partial charge >= 0.3 is 0 Å². The van der Waals surface area contributed by atoms with Gasteiger partial charge in [-0.1, -0.05) is 20.3 Å². The Hall–Kier alpha value is -0.0800. The molecule has 0 aliphatic heterocycles. The van der Waals surface area contributed by atoms with Crippen molar-refractivity contribution in [3.8, 4) is 0 Å². The Morgan fingerprint density at radius 2 is 2.00 bits per heavy atom. The summed E-state index contributed by atoms with van der Waals surface area (Å²) in [5.41, 5.74) is 0. The van der Waals surface area contributed by atoms with Crippen LogP contribution in [0.25, 0.3) is 0 Å². The van der Waals surface area contributed by atoms with Gasteiger partial charge in [0, 0.05) is 13.2 Å². The van der Waals surface area contributed by atoms with Gasteiger partial charge in [0.15, 0.2) is 0 Å². The van der Waals surface area contributed by atoms with Crippen LogP contribution in [0.5, 0.6) is 0 Å². The third kappa shape index (κ3) is 5.22. The van der Waals surface area contributed by atoms with Crippen molar-refractivity contribution in [1.29, 1.82) is 0 Å². The predicted octanol–water partition coefficient (Wildman–Crippen LogP) is 1.82. The molecular weight excluding hydrogens is 140 g/mol. The molecule has 0 radical (unpaired) electrons. The lowest BCUT2D eigenvalue weighted by Gasteiger charge is -2.16. The Morgan fingerprint density at radius 1 is 1.36 bits per heavy atom. The highest BCUT2D eigenvalue weighted by atomic mass is 16.5. The number of aliphatic hydroxyl groups is 1. The van der Waals surface area contributed by atoms with Crippen LogP contribution in [0.4, 0.5) is 0 Å². The molecule has 0 amide bonds. The Kier molecular flexibility index (Phi) is 6.57. The normalized spacial score (nSPS) is 16.4. The van der Waals surface area contributed by atoms with Gasteiger partial charge in [0.25, 0.3) is 0 Å². The number of aliphatic hydroxyl groups excluding tert-OH is 1. The highest BCUT2D eigenvalue weighted by Crippen LogP contribution is 2.10. The summed E-state index contributed by atoms with van der Waals surface area (Å²) in [6.07, 6.45) is 1.61. The zero-order valence-electron chi connectivity index (χ0n) is 7.84. The minimum atomic E-state index is -0.188. The summed E-state index contributed by atoms with van der Waals surface area (Å²) in [6, 6.07) is 0. The van der Waals surface area contributed by atoms with Crippen LogP contribution in [0.2, 0.25) is 0 Å². The predicted molar refractivity (Wildman–Crippen MR) is 46.6 cm³/mol. The summed E-state index contributed by atoms with van der Waals surface area (Å²) >= 11 is 0. The first-order valence-corrected chi connectivity index (χ1v) is 4.48. The van der Waals surface area contributed by atoms with E-state index in [1.165, 1.54) is 0 Å². The zero-order valence-corrected chi connectivity index (χ0v) is 7.84.